The number of fused-ring (bicyclic) bond motifs is 3. The van der Waals surface area contributed by atoms with Gasteiger partial charge in [0, 0.05) is 5.39 Å². The summed E-state index contributed by atoms with van der Waals surface area (Å²) in [6, 6.07) is 13.4. The van der Waals surface area contributed by atoms with Gasteiger partial charge in [0.2, 0.25) is 5.91 Å². The molecule has 2 aromatic heterocycles. The molecule has 0 saturated carbocycles. The maximum Gasteiger partial charge on any atom is 0.237 e. The van der Waals surface area contributed by atoms with Crippen LogP contribution in [0.5, 0.6) is 5.75 Å². The van der Waals surface area contributed by atoms with Crippen molar-refractivity contribution in [3.8, 4) is 5.75 Å². The first kappa shape index (κ1) is 18.3. The van der Waals surface area contributed by atoms with Crippen LogP contribution in [0.2, 0.25) is 0 Å². The van der Waals surface area contributed by atoms with E-state index in [4.69, 9.17) is 9.15 Å². The molecule has 0 spiro atoms. The van der Waals surface area contributed by atoms with Crippen LogP contribution in [-0.2, 0) is 4.79 Å². The number of para-hydroxylation sites is 1. The van der Waals surface area contributed by atoms with E-state index in [1.165, 1.54) is 18.1 Å². The highest BCUT2D eigenvalue weighted by atomic mass is 32.2. The summed E-state index contributed by atoms with van der Waals surface area (Å²) in [7, 11) is 1.58. The quantitative estimate of drug-likeness (QED) is 0.387. The number of anilines is 1. The molecule has 142 valence electrons. The van der Waals surface area contributed by atoms with Gasteiger partial charge in [-0.05, 0) is 43.7 Å². The van der Waals surface area contributed by atoms with Gasteiger partial charge in [-0.3, -0.25) is 4.79 Å². The molecule has 28 heavy (non-hydrogen) atoms. The summed E-state index contributed by atoms with van der Waals surface area (Å²) in [6.45, 7) is 3.80. The van der Waals surface area contributed by atoms with E-state index in [2.05, 4.69) is 15.3 Å². The summed E-state index contributed by atoms with van der Waals surface area (Å²) in [5.41, 5.74) is 3.79. The van der Waals surface area contributed by atoms with E-state index in [0.717, 1.165) is 22.0 Å². The number of carbonyl (C=O) groups excluding carboxylic acids is 1. The average molecular weight is 393 g/mol. The second-order valence-electron chi connectivity index (χ2n) is 6.41. The van der Waals surface area contributed by atoms with Crippen LogP contribution in [0.3, 0.4) is 0 Å². The van der Waals surface area contributed by atoms with Crippen molar-refractivity contribution in [1.82, 2.24) is 9.97 Å². The molecule has 0 saturated heterocycles. The minimum Gasteiger partial charge on any atom is -0.495 e. The van der Waals surface area contributed by atoms with E-state index in [0.29, 0.717) is 22.0 Å². The number of benzene rings is 2. The number of rotatable bonds is 5. The third-order valence-electron chi connectivity index (χ3n) is 4.40. The fraction of sp³-hybridized carbons (Fsp3) is 0.190. The highest BCUT2D eigenvalue weighted by Gasteiger charge is 2.21. The van der Waals surface area contributed by atoms with Crippen LogP contribution >= 0.6 is 11.8 Å². The van der Waals surface area contributed by atoms with E-state index < -0.39 is 5.25 Å². The summed E-state index contributed by atoms with van der Waals surface area (Å²) in [4.78, 5) is 21.4. The van der Waals surface area contributed by atoms with Gasteiger partial charge in [-0.25, -0.2) is 9.97 Å². The van der Waals surface area contributed by atoms with Crippen molar-refractivity contribution < 1.29 is 13.9 Å². The normalized spacial score (nSPS) is 12.2. The van der Waals surface area contributed by atoms with Gasteiger partial charge in [-0.2, -0.15) is 0 Å². The van der Waals surface area contributed by atoms with Gasteiger partial charge in [0.05, 0.1) is 18.0 Å². The summed E-state index contributed by atoms with van der Waals surface area (Å²) in [5, 5.41) is 4.12. The predicted octanol–water partition coefficient (Wildman–Crippen LogP) is 4.81. The number of thioether (sulfide) groups is 1. The molecule has 0 aliphatic carbocycles. The molecule has 2 heterocycles. The molecule has 2 aromatic carbocycles. The first-order chi connectivity index (χ1) is 13.6. The molecule has 4 aromatic rings. The van der Waals surface area contributed by atoms with Gasteiger partial charge in [0.15, 0.2) is 5.58 Å². The second-order valence-corrected chi connectivity index (χ2v) is 7.74. The zero-order valence-electron chi connectivity index (χ0n) is 15.7. The van der Waals surface area contributed by atoms with Gasteiger partial charge in [-0.15, -0.1) is 0 Å². The number of amides is 1. The Morgan fingerprint density at radius 3 is 2.86 bits per heavy atom. The van der Waals surface area contributed by atoms with Crippen LogP contribution < -0.4 is 10.1 Å². The molecular formula is C21H19N3O3S. The summed E-state index contributed by atoms with van der Waals surface area (Å²) in [5.74, 6) is 0.481. The Morgan fingerprint density at radius 2 is 2.04 bits per heavy atom. The van der Waals surface area contributed by atoms with Crippen molar-refractivity contribution in [2.75, 3.05) is 12.4 Å². The molecule has 0 fully saturated rings. The SMILES string of the molecule is COc1ccc(C)cc1NC(=O)[C@@H](C)Sc1ncnc2c1oc1ccccc12. The molecule has 1 amide bonds. The number of hydrogen-bond acceptors (Lipinski definition) is 6. The Hall–Kier alpha value is -3.06. The van der Waals surface area contributed by atoms with Crippen molar-refractivity contribution in [3.63, 3.8) is 0 Å². The maximum absolute atomic E-state index is 12.7. The zero-order chi connectivity index (χ0) is 19.7. The number of carbonyl (C=O) groups is 1. The molecule has 0 radical (unpaired) electrons. The second kappa shape index (κ2) is 7.52. The van der Waals surface area contributed by atoms with Crippen LogP contribution in [0.25, 0.3) is 22.1 Å². The lowest BCUT2D eigenvalue weighted by molar-refractivity contribution is -0.115. The van der Waals surface area contributed by atoms with Crippen LogP contribution in [0.1, 0.15) is 12.5 Å². The maximum atomic E-state index is 12.7. The molecule has 1 N–H and O–H groups in total. The third-order valence-corrected chi connectivity index (χ3v) is 5.48. The summed E-state index contributed by atoms with van der Waals surface area (Å²) < 4.78 is 11.3. The van der Waals surface area contributed by atoms with Crippen molar-refractivity contribution in [2.24, 2.45) is 0 Å². The van der Waals surface area contributed by atoms with Crippen molar-refractivity contribution in [1.29, 1.82) is 0 Å². The van der Waals surface area contributed by atoms with Crippen LogP contribution in [0, 0.1) is 6.92 Å². The number of furan rings is 1. The molecule has 7 heteroatoms. The van der Waals surface area contributed by atoms with E-state index in [9.17, 15) is 4.79 Å². The fourth-order valence-electron chi connectivity index (χ4n) is 2.96. The van der Waals surface area contributed by atoms with Crippen LogP contribution in [-0.4, -0.2) is 28.2 Å². The molecule has 0 aliphatic rings. The van der Waals surface area contributed by atoms with Gasteiger partial charge >= 0.3 is 0 Å². The smallest absolute Gasteiger partial charge is 0.237 e. The number of ether oxygens (including phenoxy) is 1. The summed E-state index contributed by atoms with van der Waals surface area (Å²) in [6.07, 6.45) is 1.50. The van der Waals surface area contributed by atoms with Gasteiger partial charge in [-0.1, -0.05) is 30.0 Å². The molecule has 1 atom stereocenters. The molecule has 0 aliphatic heterocycles. The Kier molecular flexibility index (Phi) is 4.92. The van der Waals surface area contributed by atoms with Gasteiger partial charge in [0.1, 0.15) is 28.2 Å². The van der Waals surface area contributed by atoms with E-state index in [1.54, 1.807) is 7.11 Å². The van der Waals surface area contributed by atoms with Gasteiger partial charge in [0.25, 0.3) is 0 Å². The lowest BCUT2D eigenvalue weighted by Gasteiger charge is -2.14. The number of methoxy groups -OCH3 is 1. The molecular weight excluding hydrogens is 374 g/mol. The van der Waals surface area contributed by atoms with E-state index in [-0.39, 0.29) is 5.91 Å². The number of nitrogens with zero attached hydrogens (tertiary/aromatic N) is 2. The Labute approximate surface area is 166 Å². The minimum atomic E-state index is -0.392. The molecule has 0 bridgehead atoms. The largest absolute Gasteiger partial charge is 0.495 e. The minimum absolute atomic E-state index is 0.142. The molecule has 0 unspecified atom stereocenters. The molecule has 4 rings (SSSR count). The number of hydrogen-bond donors (Lipinski definition) is 1. The van der Waals surface area contributed by atoms with Crippen LogP contribution in [0.15, 0.2) is 58.2 Å². The number of aryl methyl sites for hydroxylation is 1. The first-order valence-corrected chi connectivity index (χ1v) is 9.69. The van der Waals surface area contributed by atoms with Crippen molar-refractivity contribution in [2.45, 2.75) is 24.1 Å². The fourth-order valence-corrected chi connectivity index (χ4v) is 3.82. The third kappa shape index (κ3) is 3.41. The highest BCUT2D eigenvalue weighted by molar-refractivity contribution is 8.00. The Morgan fingerprint density at radius 1 is 1.21 bits per heavy atom. The Balaban J connectivity index is 1.59. The van der Waals surface area contributed by atoms with E-state index in [1.807, 2.05) is 56.3 Å². The first-order valence-electron chi connectivity index (χ1n) is 8.81. The van der Waals surface area contributed by atoms with Gasteiger partial charge < -0.3 is 14.5 Å². The average Bonchev–Trinajstić information content (AvgIpc) is 3.08. The Bertz CT molecular complexity index is 1170. The van der Waals surface area contributed by atoms with Crippen molar-refractivity contribution >= 4 is 45.4 Å². The van der Waals surface area contributed by atoms with E-state index >= 15 is 0 Å². The standard InChI is InChI=1S/C21H19N3O3S/c1-12-8-9-17(26-3)15(10-12)24-20(25)13(2)28-21-19-18(22-11-23-21)14-6-4-5-7-16(14)27-19/h4-11,13H,1-3H3,(H,24,25)/t13-/m1/s1. The molecule has 6 nitrogen and oxygen atoms in total. The van der Waals surface area contributed by atoms with Crippen molar-refractivity contribution in [3.05, 3.63) is 54.4 Å². The number of aromatic nitrogens is 2. The highest BCUT2D eigenvalue weighted by Crippen LogP contribution is 2.34. The monoisotopic (exact) mass is 393 g/mol. The number of nitrogens with one attached hydrogen (secondary N) is 1. The summed E-state index contributed by atoms with van der Waals surface area (Å²) >= 11 is 1.34. The lowest BCUT2D eigenvalue weighted by atomic mass is 10.2. The predicted molar refractivity (Wildman–Crippen MR) is 111 cm³/mol. The van der Waals surface area contributed by atoms with Crippen LogP contribution in [0.4, 0.5) is 5.69 Å². The topological polar surface area (TPSA) is 77.2 Å². The lowest BCUT2D eigenvalue weighted by Crippen LogP contribution is -2.22. The zero-order valence-corrected chi connectivity index (χ0v) is 16.5.